The molecule has 0 N–H and O–H groups in total. The summed E-state index contributed by atoms with van der Waals surface area (Å²) in [6.45, 7) is 4.64. The van der Waals surface area contributed by atoms with E-state index in [0.717, 1.165) is 28.0 Å². The Hall–Kier alpha value is -5.61. The first-order chi connectivity index (χ1) is 22.1. The highest BCUT2D eigenvalue weighted by Crippen LogP contribution is 2.60. The molecule has 0 saturated heterocycles. The Morgan fingerprint density at radius 3 is 1.78 bits per heavy atom. The lowest BCUT2D eigenvalue weighted by atomic mass is 9.73. The highest BCUT2D eigenvalue weighted by atomic mass is 16.5. The first-order valence-corrected chi connectivity index (χ1v) is 15.6. The monoisotopic (exact) mass is 579 g/mol. The lowest BCUT2D eigenvalue weighted by Gasteiger charge is -2.43. The zero-order chi connectivity index (χ0) is 29.9. The number of ether oxygens (including phenoxy) is 1. The van der Waals surface area contributed by atoms with Crippen LogP contribution in [0.5, 0.6) is 11.8 Å². The summed E-state index contributed by atoms with van der Waals surface area (Å²) in [5, 5.41) is 0. The maximum Gasteiger partial charge on any atom is 0.304 e. The summed E-state index contributed by atoms with van der Waals surface area (Å²) in [7, 11) is 0. The van der Waals surface area contributed by atoms with E-state index in [1.807, 2.05) is 6.07 Å². The SMILES string of the molecule is CC1(C)c2ccccc2N(c2ccc3c(c2)Oc2nc4ccccc4n2C32c3ccccc3-c3ccccc32)c2ccccc21. The molecule has 0 atom stereocenters. The van der Waals surface area contributed by atoms with Crippen LogP contribution in [0.25, 0.3) is 22.2 Å². The number of aromatic nitrogens is 2. The van der Waals surface area contributed by atoms with Crippen molar-refractivity contribution >= 4 is 28.1 Å². The van der Waals surface area contributed by atoms with Gasteiger partial charge in [0.2, 0.25) is 0 Å². The van der Waals surface area contributed by atoms with Gasteiger partial charge < -0.3 is 9.64 Å². The quantitative estimate of drug-likeness (QED) is 0.194. The van der Waals surface area contributed by atoms with Crippen LogP contribution >= 0.6 is 0 Å². The highest BCUT2D eigenvalue weighted by Gasteiger charge is 2.52. The van der Waals surface area contributed by atoms with Gasteiger partial charge in [0.15, 0.2) is 0 Å². The number of hydrogen-bond donors (Lipinski definition) is 0. The van der Waals surface area contributed by atoms with Crippen LogP contribution < -0.4 is 9.64 Å². The number of hydrogen-bond acceptors (Lipinski definition) is 3. The summed E-state index contributed by atoms with van der Waals surface area (Å²) in [5.74, 6) is 0.821. The van der Waals surface area contributed by atoms with E-state index in [0.29, 0.717) is 6.01 Å². The van der Waals surface area contributed by atoms with Crippen LogP contribution in [0.15, 0.2) is 140 Å². The molecule has 10 rings (SSSR count). The highest BCUT2D eigenvalue weighted by molar-refractivity contribution is 5.90. The fourth-order valence-electron chi connectivity index (χ4n) is 8.34. The van der Waals surface area contributed by atoms with E-state index in [9.17, 15) is 0 Å². The van der Waals surface area contributed by atoms with Crippen molar-refractivity contribution in [3.8, 4) is 22.9 Å². The lowest BCUT2D eigenvalue weighted by molar-refractivity contribution is 0.340. The molecule has 3 heterocycles. The molecule has 0 unspecified atom stereocenters. The fraction of sp³-hybridized carbons (Fsp3) is 0.0976. The van der Waals surface area contributed by atoms with Gasteiger partial charge in [-0.05, 0) is 63.7 Å². The van der Waals surface area contributed by atoms with E-state index >= 15 is 0 Å². The van der Waals surface area contributed by atoms with E-state index in [2.05, 4.69) is 157 Å². The number of benzene rings is 6. The number of nitrogens with zero attached hydrogens (tertiary/aromatic N) is 3. The standard InChI is InChI=1S/C41H29N3O/c1-40(2)31-17-7-10-20-35(31)43(36-21-11-8-18-32(36)40)26-23-24-33-38(25-26)45-39-42-34-19-9-12-22-37(34)44(39)41(33)29-15-5-3-13-27(29)28-14-4-6-16-30(28)41/h3-25H,1-2H3. The molecule has 3 aliphatic rings. The van der Waals surface area contributed by atoms with Gasteiger partial charge in [-0.3, -0.25) is 4.57 Å². The molecule has 0 amide bonds. The average Bonchev–Trinajstić information content (AvgIpc) is 3.59. The third-order valence-corrected chi connectivity index (χ3v) is 10.2. The molecule has 0 bridgehead atoms. The molecule has 1 aliphatic carbocycles. The van der Waals surface area contributed by atoms with Crippen LogP contribution in [0, 0.1) is 0 Å². The Morgan fingerprint density at radius 1 is 0.556 bits per heavy atom. The van der Waals surface area contributed by atoms with Gasteiger partial charge in [-0.15, -0.1) is 0 Å². The summed E-state index contributed by atoms with van der Waals surface area (Å²) in [6.07, 6.45) is 0. The van der Waals surface area contributed by atoms with Crippen molar-refractivity contribution in [2.75, 3.05) is 4.90 Å². The molecule has 45 heavy (non-hydrogen) atoms. The molecular weight excluding hydrogens is 550 g/mol. The second-order valence-corrected chi connectivity index (χ2v) is 12.8. The average molecular weight is 580 g/mol. The van der Waals surface area contributed by atoms with Gasteiger partial charge in [0.05, 0.1) is 22.4 Å². The Labute approximate surface area is 261 Å². The Balaban J connectivity index is 1.28. The summed E-state index contributed by atoms with van der Waals surface area (Å²) in [4.78, 5) is 7.47. The first-order valence-electron chi connectivity index (χ1n) is 15.6. The van der Waals surface area contributed by atoms with Crippen molar-refractivity contribution in [2.45, 2.75) is 24.8 Å². The van der Waals surface area contributed by atoms with Crippen LogP contribution in [0.4, 0.5) is 17.1 Å². The molecule has 7 aromatic rings. The fourth-order valence-corrected chi connectivity index (χ4v) is 8.34. The van der Waals surface area contributed by atoms with Crippen LogP contribution in [-0.2, 0) is 11.0 Å². The number of fused-ring (bicyclic) bond motifs is 13. The number of para-hydroxylation sites is 4. The van der Waals surface area contributed by atoms with Crippen molar-refractivity contribution in [3.05, 3.63) is 167 Å². The summed E-state index contributed by atoms with van der Waals surface area (Å²) >= 11 is 0. The predicted octanol–water partition coefficient (Wildman–Crippen LogP) is 10.1. The van der Waals surface area contributed by atoms with Crippen LogP contribution in [0.3, 0.4) is 0 Å². The van der Waals surface area contributed by atoms with Gasteiger partial charge in [-0.1, -0.05) is 117 Å². The summed E-state index contributed by atoms with van der Waals surface area (Å²) in [5.41, 5.74) is 13.3. The molecule has 2 aliphatic heterocycles. The number of rotatable bonds is 1. The summed E-state index contributed by atoms with van der Waals surface area (Å²) < 4.78 is 9.18. The minimum atomic E-state index is -0.634. The van der Waals surface area contributed by atoms with E-state index in [4.69, 9.17) is 9.72 Å². The minimum Gasteiger partial charge on any atom is -0.425 e. The normalized spacial score (nSPS) is 15.8. The molecule has 4 nitrogen and oxygen atoms in total. The Bertz CT molecular complexity index is 2270. The Kier molecular flexibility index (Phi) is 4.69. The first kappa shape index (κ1) is 24.8. The minimum absolute atomic E-state index is 0.124. The van der Waals surface area contributed by atoms with Gasteiger partial charge in [0.25, 0.3) is 0 Å². The summed E-state index contributed by atoms with van der Waals surface area (Å²) in [6, 6.07) is 50.9. The van der Waals surface area contributed by atoms with Crippen molar-refractivity contribution < 1.29 is 4.74 Å². The van der Waals surface area contributed by atoms with Crippen molar-refractivity contribution in [2.24, 2.45) is 0 Å². The van der Waals surface area contributed by atoms with Crippen LogP contribution in [0.1, 0.15) is 41.7 Å². The topological polar surface area (TPSA) is 30.3 Å². The number of imidazole rings is 1. The smallest absolute Gasteiger partial charge is 0.304 e. The van der Waals surface area contributed by atoms with Gasteiger partial charge in [-0.2, -0.15) is 4.98 Å². The molecular formula is C41H29N3O. The Morgan fingerprint density at radius 2 is 1.11 bits per heavy atom. The number of anilines is 3. The van der Waals surface area contributed by atoms with Gasteiger partial charge in [-0.25, -0.2) is 0 Å². The van der Waals surface area contributed by atoms with Crippen molar-refractivity contribution in [1.82, 2.24) is 9.55 Å². The van der Waals surface area contributed by atoms with E-state index in [1.165, 1.54) is 44.8 Å². The van der Waals surface area contributed by atoms with E-state index in [1.54, 1.807) is 0 Å². The molecule has 0 saturated carbocycles. The molecule has 0 radical (unpaired) electrons. The maximum absolute atomic E-state index is 6.85. The second-order valence-electron chi connectivity index (χ2n) is 12.8. The largest absolute Gasteiger partial charge is 0.425 e. The van der Waals surface area contributed by atoms with Gasteiger partial charge in [0.1, 0.15) is 11.3 Å². The maximum atomic E-state index is 6.85. The van der Waals surface area contributed by atoms with Gasteiger partial charge >= 0.3 is 6.01 Å². The third-order valence-electron chi connectivity index (χ3n) is 10.2. The zero-order valence-corrected chi connectivity index (χ0v) is 25.0. The van der Waals surface area contributed by atoms with Crippen molar-refractivity contribution in [3.63, 3.8) is 0 Å². The van der Waals surface area contributed by atoms with E-state index in [-0.39, 0.29) is 5.41 Å². The zero-order valence-electron chi connectivity index (χ0n) is 25.0. The van der Waals surface area contributed by atoms with Crippen molar-refractivity contribution in [1.29, 1.82) is 0 Å². The van der Waals surface area contributed by atoms with Crippen LogP contribution in [-0.4, -0.2) is 9.55 Å². The molecule has 4 heteroatoms. The third kappa shape index (κ3) is 2.99. The second kappa shape index (κ2) is 8.52. The lowest BCUT2D eigenvalue weighted by Crippen LogP contribution is -2.38. The van der Waals surface area contributed by atoms with E-state index < -0.39 is 5.54 Å². The molecule has 214 valence electrons. The van der Waals surface area contributed by atoms with Gasteiger partial charge in [0, 0.05) is 22.7 Å². The molecule has 0 fully saturated rings. The molecule has 6 aromatic carbocycles. The van der Waals surface area contributed by atoms with Crippen LogP contribution in [0.2, 0.25) is 0 Å². The molecule has 1 spiro atoms. The molecule has 1 aromatic heterocycles. The predicted molar refractivity (Wildman–Crippen MR) is 180 cm³/mol.